The molecule has 7 heteroatoms. The zero-order valence-corrected chi connectivity index (χ0v) is 19.1. The molecule has 0 radical (unpaired) electrons. The summed E-state index contributed by atoms with van der Waals surface area (Å²) in [5.74, 6) is -1.15. The van der Waals surface area contributed by atoms with E-state index in [1.807, 2.05) is 19.1 Å². The number of nitrogens with zero attached hydrogens (tertiary/aromatic N) is 1. The Balaban J connectivity index is 2.02. The number of ketones is 1. The van der Waals surface area contributed by atoms with Crippen molar-refractivity contribution in [1.82, 2.24) is 0 Å². The van der Waals surface area contributed by atoms with Crippen LogP contribution in [0.3, 0.4) is 0 Å². The third kappa shape index (κ3) is 3.94. The minimum atomic E-state index is -0.924. The first-order valence-electron chi connectivity index (χ1n) is 10.2. The lowest BCUT2D eigenvalue weighted by Crippen LogP contribution is -2.29. The summed E-state index contributed by atoms with van der Waals surface area (Å²) in [5.41, 5.74) is 2.23. The van der Waals surface area contributed by atoms with Crippen molar-refractivity contribution in [3.63, 3.8) is 0 Å². The molecule has 1 saturated heterocycles. The van der Waals surface area contributed by atoms with E-state index < -0.39 is 17.7 Å². The van der Waals surface area contributed by atoms with Crippen LogP contribution in [-0.2, 0) is 9.59 Å². The fourth-order valence-electron chi connectivity index (χ4n) is 4.00. The Morgan fingerprint density at radius 2 is 1.61 bits per heavy atom. The number of aliphatic hydroxyl groups excluding tert-OH is 1. The molecule has 4 rings (SSSR count). The van der Waals surface area contributed by atoms with Gasteiger partial charge in [-0.1, -0.05) is 47.5 Å². The number of amides is 1. The summed E-state index contributed by atoms with van der Waals surface area (Å²) >= 11 is 6.16. The van der Waals surface area contributed by atoms with Crippen LogP contribution in [0.5, 0.6) is 11.5 Å². The largest absolute Gasteiger partial charge is 0.507 e. The number of methoxy groups -OCH3 is 2. The molecule has 33 heavy (non-hydrogen) atoms. The molecular weight excluding hydrogens is 442 g/mol. The van der Waals surface area contributed by atoms with Gasteiger partial charge in [0.05, 0.1) is 31.4 Å². The average molecular weight is 464 g/mol. The molecule has 3 aromatic carbocycles. The third-order valence-electron chi connectivity index (χ3n) is 5.61. The highest BCUT2D eigenvalue weighted by Gasteiger charge is 2.48. The van der Waals surface area contributed by atoms with Gasteiger partial charge in [0.1, 0.15) is 17.3 Å². The number of carbonyl (C=O) groups is 2. The second kappa shape index (κ2) is 9.00. The van der Waals surface area contributed by atoms with Crippen LogP contribution in [0.1, 0.15) is 22.7 Å². The zero-order valence-electron chi connectivity index (χ0n) is 18.3. The van der Waals surface area contributed by atoms with Crippen molar-refractivity contribution in [3.8, 4) is 11.5 Å². The smallest absolute Gasteiger partial charge is 0.300 e. The van der Waals surface area contributed by atoms with Crippen LogP contribution in [0.4, 0.5) is 5.69 Å². The molecule has 1 heterocycles. The summed E-state index contributed by atoms with van der Waals surface area (Å²) in [6.45, 7) is 1.93. The maximum Gasteiger partial charge on any atom is 0.300 e. The van der Waals surface area contributed by atoms with Crippen molar-refractivity contribution in [2.24, 2.45) is 0 Å². The maximum atomic E-state index is 13.3. The van der Waals surface area contributed by atoms with Gasteiger partial charge in [0.25, 0.3) is 11.7 Å². The van der Waals surface area contributed by atoms with Crippen LogP contribution in [0.25, 0.3) is 5.76 Å². The predicted octanol–water partition coefficient (Wildman–Crippen LogP) is 5.29. The highest BCUT2D eigenvalue weighted by molar-refractivity contribution is 6.51. The van der Waals surface area contributed by atoms with E-state index in [1.165, 1.54) is 25.2 Å². The SMILES string of the molecule is COc1ccc(Cl)cc1/C(O)=C1\C(=O)C(=O)N(c2ccc(C)cc2)C1c1ccccc1OC. The van der Waals surface area contributed by atoms with Crippen molar-refractivity contribution in [1.29, 1.82) is 0 Å². The molecule has 0 spiro atoms. The van der Waals surface area contributed by atoms with Gasteiger partial charge in [-0.15, -0.1) is 0 Å². The summed E-state index contributed by atoms with van der Waals surface area (Å²) < 4.78 is 10.9. The number of ether oxygens (including phenoxy) is 2. The lowest BCUT2D eigenvalue weighted by molar-refractivity contribution is -0.132. The van der Waals surface area contributed by atoms with Crippen molar-refractivity contribution >= 4 is 34.7 Å². The van der Waals surface area contributed by atoms with Gasteiger partial charge in [-0.2, -0.15) is 0 Å². The molecule has 0 aromatic heterocycles. The molecular formula is C26H22ClNO5. The molecule has 1 atom stereocenters. The first-order valence-corrected chi connectivity index (χ1v) is 10.6. The number of hydrogen-bond donors (Lipinski definition) is 1. The number of aryl methyl sites for hydroxylation is 1. The summed E-state index contributed by atoms with van der Waals surface area (Å²) in [7, 11) is 2.96. The second-order valence-corrected chi connectivity index (χ2v) is 8.03. The van der Waals surface area contributed by atoms with Crippen molar-refractivity contribution in [2.75, 3.05) is 19.1 Å². The Morgan fingerprint density at radius 3 is 2.27 bits per heavy atom. The van der Waals surface area contributed by atoms with Crippen molar-refractivity contribution in [3.05, 3.63) is 94.0 Å². The highest BCUT2D eigenvalue weighted by atomic mass is 35.5. The highest BCUT2D eigenvalue weighted by Crippen LogP contribution is 2.45. The number of anilines is 1. The number of aliphatic hydroxyl groups is 1. The predicted molar refractivity (Wildman–Crippen MR) is 127 cm³/mol. The number of hydrogen-bond acceptors (Lipinski definition) is 5. The van der Waals surface area contributed by atoms with Crippen LogP contribution in [0.2, 0.25) is 5.02 Å². The number of halogens is 1. The molecule has 0 aliphatic carbocycles. The van der Waals surface area contributed by atoms with Gasteiger partial charge in [0.15, 0.2) is 0 Å². The molecule has 1 unspecified atom stereocenters. The maximum absolute atomic E-state index is 13.3. The fraction of sp³-hybridized carbons (Fsp3) is 0.154. The van der Waals surface area contributed by atoms with E-state index in [9.17, 15) is 14.7 Å². The molecule has 1 fully saturated rings. The van der Waals surface area contributed by atoms with Crippen LogP contribution >= 0.6 is 11.6 Å². The van der Waals surface area contributed by atoms with E-state index in [4.69, 9.17) is 21.1 Å². The fourth-order valence-corrected chi connectivity index (χ4v) is 4.17. The molecule has 1 amide bonds. The van der Waals surface area contributed by atoms with Crippen LogP contribution in [-0.4, -0.2) is 31.0 Å². The summed E-state index contributed by atoms with van der Waals surface area (Å²) in [6.07, 6.45) is 0. The van der Waals surface area contributed by atoms with Crippen molar-refractivity contribution < 1.29 is 24.2 Å². The van der Waals surface area contributed by atoms with Crippen LogP contribution in [0.15, 0.2) is 72.3 Å². The van der Waals surface area contributed by atoms with Crippen LogP contribution in [0, 0.1) is 6.92 Å². The van der Waals surface area contributed by atoms with Gasteiger partial charge in [-0.3, -0.25) is 14.5 Å². The molecule has 0 saturated carbocycles. The van der Waals surface area contributed by atoms with E-state index in [1.54, 1.807) is 48.5 Å². The molecule has 0 bridgehead atoms. The quantitative estimate of drug-likeness (QED) is 0.316. The monoisotopic (exact) mass is 463 g/mol. The third-order valence-corrected chi connectivity index (χ3v) is 5.84. The molecule has 168 valence electrons. The lowest BCUT2D eigenvalue weighted by Gasteiger charge is -2.26. The molecule has 1 aliphatic rings. The Labute approximate surface area is 196 Å². The summed E-state index contributed by atoms with van der Waals surface area (Å²) in [4.78, 5) is 28.0. The first-order chi connectivity index (χ1) is 15.9. The Bertz CT molecular complexity index is 1270. The van der Waals surface area contributed by atoms with E-state index >= 15 is 0 Å². The summed E-state index contributed by atoms with van der Waals surface area (Å²) in [6, 6.07) is 18.1. The molecule has 3 aromatic rings. The second-order valence-electron chi connectivity index (χ2n) is 7.59. The average Bonchev–Trinajstić information content (AvgIpc) is 3.09. The van der Waals surface area contributed by atoms with Gasteiger partial charge in [0, 0.05) is 16.3 Å². The van der Waals surface area contributed by atoms with Crippen molar-refractivity contribution in [2.45, 2.75) is 13.0 Å². The van der Waals surface area contributed by atoms with E-state index in [2.05, 4.69) is 0 Å². The number of benzene rings is 3. The molecule has 6 nitrogen and oxygen atoms in total. The summed E-state index contributed by atoms with van der Waals surface area (Å²) in [5, 5.41) is 11.7. The van der Waals surface area contributed by atoms with Gasteiger partial charge in [0.2, 0.25) is 0 Å². The van der Waals surface area contributed by atoms with E-state index in [0.29, 0.717) is 27.8 Å². The van der Waals surface area contributed by atoms with E-state index in [-0.39, 0.29) is 16.9 Å². The lowest BCUT2D eigenvalue weighted by atomic mass is 9.94. The standard InChI is InChI=1S/C26H22ClNO5/c1-15-8-11-17(12-9-15)28-23(18-6-4-5-7-20(18)32-2)22(25(30)26(28)31)24(29)19-14-16(27)10-13-21(19)33-3/h4-14,23,29H,1-3H3/b24-22+. The number of para-hydroxylation sites is 1. The molecule has 1 aliphatic heterocycles. The topological polar surface area (TPSA) is 76.1 Å². The minimum absolute atomic E-state index is 0.0781. The number of carbonyl (C=O) groups excluding carboxylic acids is 2. The van der Waals surface area contributed by atoms with Gasteiger partial charge in [-0.25, -0.2) is 0 Å². The van der Waals surface area contributed by atoms with E-state index in [0.717, 1.165) is 5.56 Å². The minimum Gasteiger partial charge on any atom is -0.507 e. The zero-order chi connectivity index (χ0) is 23.7. The van der Waals surface area contributed by atoms with Gasteiger partial charge >= 0.3 is 0 Å². The number of Topliss-reactive ketones (excluding diaryl/α,β-unsaturated/α-hetero) is 1. The number of rotatable bonds is 5. The van der Waals surface area contributed by atoms with Gasteiger partial charge < -0.3 is 14.6 Å². The molecule has 1 N–H and O–H groups in total. The van der Waals surface area contributed by atoms with Gasteiger partial charge in [-0.05, 0) is 43.3 Å². The first kappa shape index (κ1) is 22.4. The Morgan fingerprint density at radius 1 is 0.939 bits per heavy atom. The Hall–Kier alpha value is -3.77. The Kier molecular flexibility index (Phi) is 6.11. The normalized spacial score (nSPS) is 17.3. The van der Waals surface area contributed by atoms with Crippen LogP contribution < -0.4 is 14.4 Å².